The fourth-order valence-electron chi connectivity index (χ4n) is 3.28. The molecule has 2 saturated heterocycles. The van der Waals surface area contributed by atoms with E-state index >= 15 is 0 Å². The Morgan fingerprint density at radius 3 is 2.80 bits per heavy atom. The molecule has 2 fully saturated rings. The van der Waals surface area contributed by atoms with Gasteiger partial charge in [0.2, 0.25) is 5.91 Å². The van der Waals surface area contributed by atoms with Crippen LogP contribution in [0.4, 0.5) is 0 Å². The van der Waals surface area contributed by atoms with Crippen molar-refractivity contribution in [1.29, 1.82) is 0 Å². The first-order valence-electron chi connectivity index (χ1n) is 8.63. The van der Waals surface area contributed by atoms with Gasteiger partial charge >= 0.3 is 0 Å². The third-order valence-corrected chi connectivity index (χ3v) is 4.66. The number of aryl methyl sites for hydroxylation is 1. The molecule has 1 unspecified atom stereocenters. The van der Waals surface area contributed by atoms with Crippen LogP contribution in [0, 0.1) is 6.92 Å². The fraction of sp³-hybridized carbons (Fsp3) is 0.611. The van der Waals surface area contributed by atoms with Crippen LogP contribution in [-0.4, -0.2) is 77.7 Å². The van der Waals surface area contributed by atoms with Gasteiger partial charge in [-0.05, 0) is 32.4 Å². The van der Waals surface area contributed by atoms with E-state index in [1.165, 1.54) is 0 Å². The number of carbonyl (C=O) groups excluding carboxylic acids is 2. The zero-order chi connectivity index (χ0) is 18.0. The number of rotatable bonds is 2. The Balaban J connectivity index is 1.78. The molecule has 2 amide bonds. The van der Waals surface area contributed by atoms with Gasteiger partial charge in [0.1, 0.15) is 17.9 Å². The number of morpholine rings is 1. The summed E-state index contributed by atoms with van der Waals surface area (Å²) in [5.41, 5.74) is 0.752. The number of hydrogen-bond donors (Lipinski definition) is 0. The number of nitrogens with zero attached hydrogens (tertiary/aromatic N) is 3. The summed E-state index contributed by atoms with van der Waals surface area (Å²) in [6.07, 6.45) is 1.69. The predicted molar refractivity (Wildman–Crippen MR) is 91.2 cm³/mol. The Labute approximate surface area is 147 Å². The molecule has 0 aromatic carbocycles. The standard InChI is InChI=1S/C18H25N3O4/c1-13(2)21-11-18(12-24-9-16(21)22)10-20(6-7-25-18)17(23)15-5-4-14(3)8-19-15/h4-5,8,13H,6-7,9-12H2,1-3H3. The van der Waals surface area contributed by atoms with E-state index in [9.17, 15) is 9.59 Å². The van der Waals surface area contributed by atoms with Crippen molar-refractivity contribution in [2.24, 2.45) is 0 Å². The lowest BCUT2D eigenvalue weighted by Gasteiger charge is -2.43. The Morgan fingerprint density at radius 2 is 2.12 bits per heavy atom. The molecule has 0 radical (unpaired) electrons. The number of pyridine rings is 1. The molecule has 1 aromatic rings. The maximum Gasteiger partial charge on any atom is 0.272 e. The SMILES string of the molecule is Cc1ccc(C(=O)N2CCOC3(COCC(=O)N(C(C)C)C3)C2)nc1. The number of carbonyl (C=O) groups is 2. The van der Waals surface area contributed by atoms with E-state index in [0.29, 0.717) is 38.5 Å². The van der Waals surface area contributed by atoms with Gasteiger partial charge in [-0.15, -0.1) is 0 Å². The van der Waals surface area contributed by atoms with Crippen LogP contribution in [0.5, 0.6) is 0 Å². The summed E-state index contributed by atoms with van der Waals surface area (Å²) in [5.74, 6) is -0.159. The first kappa shape index (κ1) is 17.8. The highest BCUT2D eigenvalue weighted by Gasteiger charge is 2.43. The van der Waals surface area contributed by atoms with Crippen molar-refractivity contribution < 1.29 is 19.1 Å². The second kappa shape index (κ2) is 7.09. The molecule has 1 spiro atoms. The van der Waals surface area contributed by atoms with Crippen molar-refractivity contribution in [2.75, 3.05) is 39.5 Å². The minimum absolute atomic E-state index is 0.0425. The van der Waals surface area contributed by atoms with Gasteiger partial charge in [-0.2, -0.15) is 0 Å². The highest BCUT2D eigenvalue weighted by molar-refractivity contribution is 5.92. The van der Waals surface area contributed by atoms with Crippen molar-refractivity contribution >= 4 is 11.8 Å². The Bertz CT molecular complexity index is 646. The van der Waals surface area contributed by atoms with Crippen LogP contribution in [0.1, 0.15) is 29.9 Å². The summed E-state index contributed by atoms with van der Waals surface area (Å²) in [6, 6.07) is 3.68. The Kier molecular flexibility index (Phi) is 5.06. The second-order valence-corrected chi connectivity index (χ2v) is 7.09. The van der Waals surface area contributed by atoms with Gasteiger partial charge in [0, 0.05) is 18.8 Å². The van der Waals surface area contributed by atoms with E-state index < -0.39 is 5.60 Å². The van der Waals surface area contributed by atoms with Gasteiger partial charge in [-0.25, -0.2) is 0 Å². The number of ether oxygens (including phenoxy) is 2. The normalized spacial score (nSPS) is 24.7. The van der Waals surface area contributed by atoms with Crippen LogP contribution < -0.4 is 0 Å². The predicted octanol–water partition coefficient (Wildman–Crippen LogP) is 0.868. The average molecular weight is 347 g/mol. The fourth-order valence-corrected chi connectivity index (χ4v) is 3.28. The van der Waals surface area contributed by atoms with Crippen molar-refractivity contribution in [3.8, 4) is 0 Å². The summed E-state index contributed by atoms with van der Waals surface area (Å²) < 4.78 is 11.6. The maximum atomic E-state index is 12.8. The van der Waals surface area contributed by atoms with Crippen molar-refractivity contribution in [3.05, 3.63) is 29.6 Å². The highest BCUT2D eigenvalue weighted by atomic mass is 16.5. The molecule has 3 rings (SSSR count). The van der Waals surface area contributed by atoms with E-state index in [2.05, 4.69) is 4.98 Å². The lowest BCUT2D eigenvalue weighted by molar-refractivity contribution is -0.140. The van der Waals surface area contributed by atoms with Crippen LogP contribution in [-0.2, 0) is 14.3 Å². The van der Waals surface area contributed by atoms with E-state index in [1.807, 2.05) is 26.8 Å². The minimum atomic E-state index is -0.685. The molecule has 7 nitrogen and oxygen atoms in total. The van der Waals surface area contributed by atoms with Crippen molar-refractivity contribution in [3.63, 3.8) is 0 Å². The quantitative estimate of drug-likeness (QED) is 0.794. The maximum absolute atomic E-state index is 12.8. The summed E-state index contributed by atoms with van der Waals surface area (Å²) in [7, 11) is 0. The molecule has 0 N–H and O–H groups in total. The molecule has 1 atom stereocenters. The first-order chi connectivity index (χ1) is 11.9. The average Bonchev–Trinajstić information content (AvgIpc) is 2.74. The van der Waals surface area contributed by atoms with E-state index in [0.717, 1.165) is 5.56 Å². The van der Waals surface area contributed by atoms with Crippen molar-refractivity contribution in [2.45, 2.75) is 32.4 Å². The van der Waals surface area contributed by atoms with Crippen LogP contribution >= 0.6 is 0 Å². The zero-order valence-electron chi connectivity index (χ0n) is 15.0. The van der Waals surface area contributed by atoms with E-state index in [1.54, 1.807) is 22.1 Å². The van der Waals surface area contributed by atoms with E-state index in [4.69, 9.17) is 9.47 Å². The Morgan fingerprint density at radius 1 is 1.32 bits per heavy atom. The summed E-state index contributed by atoms with van der Waals surface area (Å²) in [4.78, 5) is 32.7. The molecule has 0 bridgehead atoms. The van der Waals surface area contributed by atoms with Crippen molar-refractivity contribution in [1.82, 2.24) is 14.8 Å². The molecule has 7 heteroatoms. The molecule has 1 aromatic heterocycles. The first-order valence-corrected chi connectivity index (χ1v) is 8.63. The van der Waals surface area contributed by atoms with Gasteiger partial charge in [0.15, 0.2) is 0 Å². The lowest BCUT2D eigenvalue weighted by Crippen LogP contribution is -2.60. The number of aromatic nitrogens is 1. The molecule has 3 heterocycles. The van der Waals surface area contributed by atoms with Gasteiger partial charge in [-0.3, -0.25) is 14.6 Å². The molecule has 2 aliphatic rings. The third kappa shape index (κ3) is 3.82. The van der Waals surface area contributed by atoms with Gasteiger partial charge in [0.05, 0.1) is 26.3 Å². The molecule has 2 aliphatic heterocycles. The van der Waals surface area contributed by atoms with Gasteiger partial charge in [0.25, 0.3) is 5.91 Å². The molecular weight excluding hydrogens is 322 g/mol. The Hall–Kier alpha value is -1.99. The van der Waals surface area contributed by atoms with E-state index in [-0.39, 0.29) is 24.5 Å². The van der Waals surface area contributed by atoms with Crippen LogP contribution in [0.2, 0.25) is 0 Å². The second-order valence-electron chi connectivity index (χ2n) is 7.09. The molecule has 0 saturated carbocycles. The monoisotopic (exact) mass is 347 g/mol. The highest BCUT2D eigenvalue weighted by Crippen LogP contribution is 2.25. The third-order valence-electron chi connectivity index (χ3n) is 4.66. The van der Waals surface area contributed by atoms with Gasteiger partial charge < -0.3 is 19.3 Å². The van der Waals surface area contributed by atoms with Crippen LogP contribution in [0.3, 0.4) is 0 Å². The smallest absolute Gasteiger partial charge is 0.272 e. The summed E-state index contributed by atoms with van der Waals surface area (Å²) >= 11 is 0. The minimum Gasteiger partial charge on any atom is -0.368 e. The topological polar surface area (TPSA) is 72.0 Å². The summed E-state index contributed by atoms with van der Waals surface area (Å²) in [5, 5.41) is 0. The number of amides is 2. The number of hydrogen-bond acceptors (Lipinski definition) is 5. The molecule has 136 valence electrons. The largest absolute Gasteiger partial charge is 0.368 e. The van der Waals surface area contributed by atoms with Crippen LogP contribution in [0.15, 0.2) is 18.3 Å². The van der Waals surface area contributed by atoms with Gasteiger partial charge in [-0.1, -0.05) is 6.07 Å². The molecular formula is C18H25N3O4. The lowest BCUT2D eigenvalue weighted by atomic mass is 10.0. The molecule has 0 aliphatic carbocycles. The zero-order valence-corrected chi connectivity index (χ0v) is 15.0. The van der Waals surface area contributed by atoms with Crippen LogP contribution in [0.25, 0.3) is 0 Å². The molecule has 25 heavy (non-hydrogen) atoms. The summed E-state index contributed by atoms with van der Waals surface area (Å²) in [6.45, 7) is 7.96.